The van der Waals surface area contributed by atoms with Crippen LogP contribution in [0.2, 0.25) is 0 Å². The zero-order valence-corrected chi connectivity index (χ0v) is 12.6. The Morgan fingerprint density at radius 3 is 2.85 bits per heavy atom. The molecule has 2 rings (SSSR count). The van der Waals surface area contributed by atoms with Gasteiger partial charge >= 0.3 is 6.09 Å². The van der Waals surface area contributed by atoms with E-state index in [4.69, 9.17) is 15.3 Å². The van der Waals surface area contributed by atoms with E-state index in [0.29, 0.717) is 6.54 Å². The van der Waals surface area contributed by atoms with E-state index in [1.807, 2.05) is 20.8 Å². The molecule has 1 aliphatic heterocycles. The summed E-state index contributed by atoms with van der Waals surface area (Å²) in [7, 11) is 0. The van der Waals surface area contributed by atoms with Gasteiger partial charge in [0.05, 0.1) is 12.3 Å². The minimum Gasteiger partial charge on any atom is -0.444 e. The zero-order valence-electron chi connectivity index (χ0n) is 12.6. The van der Waals surface area contributed by atoms with Gasteiger partial charge in [0.2, 0.25) is 0 Å². The summed E-state index contributed by atoms with van der Waals surface area (Å²) in [6, 6.07) is 0. The topological polar surface area (TPSA) is 85.9 Å². The van der Waals surface area contributed by atoms with E-state index in [1.54, 1.807) is 0 Å². The van der Waals surface area contributed by atoms with Crippen LogP contribution in [0.25, 0.3) is 0 Å². The predicted octanol–water partition coefficient (Wildman–Crippen LogP) is 1.93. The molecule has 20 heavy (non-hydrogen) atoms. The molecule has 3 N–H and O–H groups in total. The van der Waals surface area contributed by atoms with Crippen molar-refractivity contribution in [1.29, 1.82) is 0 Å². The van der Waals surface area contributed by atoms with E-state index in [1.165, 1.54) is 0 Å². The molecule has 1 aliphatic carbocycles. The van der Waals surface area contributed by atoms with Gasteiger partial charge in [0.1, 0.15) is 11.7 Å². The lowest BCUT2D eigenvalue weighted by atomic mass is 10.0. The lowest BCUT2D eigenvalue weighted by Crippen LogP contribution is -2.37. The fourth-order valence-corrected chi connectivity index (χ4v) is 2.06. The van der Waals surface area contributed by atoms with Crippen LogP contribution in [-0.2, 0) is 9.57 Å². The molecule has 0 bridgehead atoms. The molecule has 0 saturated heterocycles. The monoisotopic (exact) mass is 283 g/mol. The highest BCUT2D eigenvalue weighted by molar-refractivity contribution is 5.85. The summed E-state index contributed by atoms with van der Waals surface area (Å²) in [4.78, 5) is 16.8. The number of oxime groups is 1. The van der Waals surface area contributed by atoms with Gasteiger partial charge in [0.25, 0.3) is 0 Å². The number of rotatable bonds is 5. The Morgan fingerprint density at radius 1 is 1.55 bits per heavy atom. The standard InChI is InChI=1S/C14H25N3O3/c1-13(2,3)19-12(18)16-9-11-8-10(17-20-11)4-5-14(15)6-7-14/h11H,4-9,15H2,1-3H3,(H,16,18). The van der Waals surface area contributed by atoms with E-state index in [2.05, 4.69) is 10.5 Å². The van der Waals surface area contributed by atoms with Gasteiger partial charge < -0.3 is 20.6 Å². The van der Waals surface area contributed by atoms with Crippen molar-refractivity contribution in [3.8, 4) is 0 Å². The average Bonchev–Trinajstić information content (AvgIpc) is 2.89. The summed E-state index contributed by atoms with van der Waals surface area (Å²) < 4.78 is 5.17. The summed E-state index contributed by atoms with van der Waals surface area (Å²) in [6.45, 7) is 5.91. The third-order valence-corrected chi connectivity index (χ3v) is 3.47. The number of ether oxygens (including phenoxy) is 1. The quantitative estimate of drug-likeness (QED) is 0.807. The van der Waals surface area contributed by atoms with Crippen molar-refractivity contribution in [2.24, 2.45) is 10.9 Å². The van der Waals surface area contributed by atoms with Crippen LogP contribution in [0.3, 0.4) is 0 Å². The third kappa shape index (κ3) is 5.00. The van der Waals surface area contributed by atoms with Crippen LogP contribution in [-0.4, -0.2) is 35.6 Å². The highest BCUT2D eigenvalue weighted by Gasteiger charge is 2.38. The van der Waals surface area contributed by atoms with Crippen molar-refractivity contribution in [3.63, 3.8) is 0 Å². The second-order valence-electron chi connectivity index (χ2n) is 6.83. The molecular weight excluding hydrogens is 258 g/mol. The second kappa shape index (κ2) is 5.60. The molecule has 1 unspecified atom stereocenters. The van der Waals surface area contributed by atoms with Gasteiger partial charge in [-0.3, -0.25) is 0 Å². The van der Waals surface area contributed by atoms with Crippen molar-refractivity contribution in [2.75, 3.05) is 6.54 Å². The Bertz CT molecular complexity index is 397. The third-order valence-electron chi connectivity index (χ3n) is 3.47. The molecule has 1 amide bonds. The number of alkyl carbamates (subject to hydrolysis) is 1. The van der Waals surface area contributed by atoms with Crippen molar-refractivity contribution < 1.29 is 14.4 Å². The van der Waals surface area contributed by atoms with Crippen molar-refractivity contribution in [1.82, 2.24) is 5.32 Å². The summed E-state index contributed by atoms with van der Waals surface area (Å²) in [5, 5.41) is 6.77. The van der Waals surface area contributed by atoms with Gasteiger partial charge in [-0.05, 0) is 46.5 Å². The maximum Gasteiger partial charge on any atom is 0.407 e. The number of nitrogens with one attached hydrogen (secondary N) is 1. The Labute approximate surface area is 120 Å². The molecule has 1 heterocycles. The average molecular weight is 283 g/mol. The minimum atomic E-state index is -0.484. The largest absolute Gasteiger partial charge is 0.444 e. The van der Waals surface area contributed by atoms with Crippen LogP contribution >= 0.6 is 0 Å². The number of amides is 1. The first-order valence-electron chi connectivity index (χ1n) is 7.23. The molecular formula is C14H25N3O3. The zero-order chi connectivity index (χ0) is 14.8. The Balaban J connectivity index is 1.61. The molecule has 2 aliphatic rings. The summed E-state index contributed by atoms with van der Waals surface area (Å²) in [5.74, 6) is 0. The molecule has 1 saturated carbocycles. The first kappa shape index (κ1) is 15.1. The second-order valence-corrected chi connectivity index (χ2v) is 6.83. The molecule has 6 nitrogen and oxygen atoms in total. The van der Waals surface area contributed by atoms with Gasteiger partial charge in [-0.25, -0.2) is 4.79 Å². The van der Waals surface area contributed by atoms with Gasteiger partial charge in [0.15, 0.2) is 0 Å². The smallest absolute Gasteiger partial charge is 0.407 e. The minimum absolute atomic E-state index is 0.0510. The summed E-state index contributed by atoms with van der Waals surface area (Å²) in [5.41, 5.74) is 6.65. The lowest BCUT2D eigenvalue weighted by Gasteiger charge is -2.20. The summed E-state index contributed by atoms with van der Waals surface area (Å²) >= 11 is 0. The molecule has 1 fully saturated rings. The van der Waals surface area contributed by atoms with E-state index < -0.39 is 11.7 Å². The Hall–Kier alpha value is -1.30. The SMILES string of the molecule is CC(C)(C)OC(=O)NCC1CC(CCC2(N)CC2)=NO1. The molecule has 0 spiro atoms. The fourth-order valence-electron chi connectivity index (χ4n) is 2.06. The van der Waals surface area contributed by atoms with Crippen LogP contribution in [0.5, 0.6) is 0 Å². The number of nitrogens with two attached hydrogens (primary N) is 1. The molecule has 1 atom stereocenters. The van der Waals surface area contributed by atoms with Crippen LogP contribution in [0.4, 0.5) is 4.79 Å². The van der Waals surface area contributed by atoms with E-state index in [9.17, 15) is 4.79 Å². The van der Waals surface area contributed by atoms with Crippen molar-refractivity contribution in [3.05, 3.63) is 0 Å². The van der Waals surface area contributed by atoms with Gasteiger partial charge in [-0.2, -0.15) is 0 Å². The Morgan fingerprint density at radius 2 is 2.25 bits per heavy atom. The maximum absolute atomic E-state index is 11.5. The number of carbonyl (C=O) groups excluding carboxylic acids is 1. The fraction of sp³-hybridized carbons (Fsp3) is 0.857. The van der Waals surface area contributed by atoms with Crippen LogP contribution in [0, 0.1) is 0 Å². The van der Waals surface area contributed by atoms with Crippen LogP contribution in [0.15, 0.2) is 5.16 Å². The van der Waals surface area contributed by atoms with Gasteiger partial charge in [-0.15, -0.1) is 0 Å². The molecule has 0 aromatic heterocycles. The number of nitrogens with zero attached hydrogens (tertiary/aromatic N) is 1. The Kier molecular flexibility index (Phi) is 4.22. The van der Waals surface area contributed by atoms with E-state index in [-0.39, 0.29) is 11.6 Å². The molecule has 0 radical (unpaired) electrons. The molecule has 6 heteroatoms. The predicted molar refractivity (Wildman–Crippen MR) is 76.5 cm³/mol. The maximum atomic E-state index is 11.5. The van der Waals surface area contributed by atoms with Crippen LogP contribution < -0.4 is 11.1 Å². The van der Waals surface area contributed by atoms with Gasteiger partial charge in [0, 0.05) is 12.0 Å². The lowest BCUT2D eigenvalue weighted by molar-refractivity contribution is 0.0439. The number of carbonyl (C=O) groups is 1. The first-order chi connectivity index (χ1) is 9.26. The number of hydrogen-bond acceptors (Lipinski definition) is 5. The van der Waals surface area contributed by atoms with E-state index >= 15 is 0 Å². The van der Waals surface area contributed by atoms with Crippen molar-refractivity contribution >= 4 is 11.8 Å². The molecule has 0 aromatic carbocycles. The number of hydrogen-bond donors (Lipinski definition) is 2. The molecule has 0 aromatic rings. The normalized spacial score (nSPS) is 23.8. The summed E-state index contributed by atoms with van der Waals surface area (Å²) in [6.07, 6.45) is 4.33. The van der Waals surface area contributed by atoms with Crippen LogP contribution in [0.1, 0.15) is 52.9 Å². The first-order valence-corrected chi connectivity index (χ1v) is 7.23. The molecule has 114 valence electrons. The van der Waals surface area contributed by atoms with Gasteiger partial charge in [-0.1, -0.05) is 5.16 Å². The highest BCUT2D eigenvalue weighted by atomic mass is 16.6. The highest BCUT2D eigenvalue weighted by Crippen LogP contribution is 2.37. The van der Waals surface area contributed by atoms with Crippen molar-refractivity contribution in [2.45, 2.75) is 70.1 Å². The van der Waals surface area contributed by atoms with E-state index in [0.717, 1.165) is 37.8 Å².